The number of nitrogens with two attached hydrogens (primary N) is 1. The number of ether oxygens (including phenoxy) is 1. The van der Waals surface area contributed by atoms with E-state index in [9.17, 15) is 4.79 Å². The maximum Gasteiger partial charge on any atom is 0.259 e. The van der Waals surface area contributed by atoms with Gasteiger partial charge in [-0.2, -0.15) is 0 Å². The Bertz CT molecular complexity index is 491. The summed E-state index contributed by atoms with van der Waals surface area (Å²) >= 11 is 6.17. The Morgan fingerprint density at radius 1 is 1.55 bits per heavy atom. The third kappa shape index (κ3) is 3.07. The van der Waals surface area contributed by atoms with Crippen LogP contribution in [-0.2, 0) is 0 Å². The highest BCUT2D eigenvalue weighted by atomic mass is 35.5. The fraction of sp³-hybridized carbons (Fsp3) is 0.533. The summed E-state index contributed by atoms with van der Waals surface area (Å²) in [5.41, 5.74) is 6.41. The maximum absolute atomic E-state index is 12.7. The number of hydrogen-bond donors (Lipinski definition) is 1. The number of rotatable bonds is 3. The van der Waals surface area contributed by atoms with Gasteiger partial charge in [-0.1, -0.05) is 17.7 Å². The van der Waals surface area contributed by atoms with Crippen LogP contribution in [0.4, 0.5) is 0 Å². The van der Waals surface area contributed by atoms with Crippen LogP contribution in [0.5, 0.6) is 5.75 Å². The molecule has 5 heteroatoms. The minimum atomic E-state index is -0.0715. The molecule has 110 valence electrons. The first kappa shape index (κ1) is 15.1. The van der Waals surface area contributed by atoms with Crippen LogP contribution in [0.2, 0.25) is 5.02 Å². The first-order valence-electron chi connectivity index (χ1n) is 6.92. The highest BCUT2D eigenvalue weighted by Crippen LogP contribution is 2.29. The zero-order valence-electron chi connectivity index (χ0n) is 11.9. The van der Waals surface area contributed by atoms with Crippen LogP contribution in [0.3, 0.4) is 0 Å². The van der Waals surface area contributed by atoms with E-state index >= 15 is 0 Å². The van der Waals surface area contributed by atoms with Crippen molar-refractivity contribution in [3.63, 3.8) is 0 Å². The molecule has 0 spiro atoms. The lowest BCUT2D eigenvalue weighted by molar-refractivity contribution is 0.0658. The van der Waals surface area contributed by atoms with E-state index in [4.69, 9.17) is 22.1 Å². The number of halogens is 1. The SMILES string of the molecule is COc1cccc(Cl)c1C(=O)N1CCC[C@@H]([C@H](C)N)C1. The first-order chi connectivity index (χ1) is 9.54. The van der Waals surface area contributed by atoms with Crippen molar-refractivity contribution in [1.29, 1.82) is 0 Å². The zero-order chi connectivity index (χ0) is 14.7. The van der Waals surface area contributed by atoms with Gasteiger partial charge in [-0.15, -0.1) is 0 Å². The molecule has 1 amide bonds. The lowest BCUT2D eigenvalue weighted by Crippen LogP contribution is -2.45. The molecule has 0 aliphatic carbocycles. The molecule has 1 fully saturated rings. The fourth-order valence-electron chi connectivity index (χ4n) is 2.66. The molecule has 2 atom stereocenters. The predicted octanol–water partition coefficient (Wildman–Crippen LogP) is 2.55. The van der Waals surface area contributed by atoms with Gasteiger partial charge in [-0.05, 0) is 37.8 Å². The van der Waals surface area contributed by atoms with E-state index in [1.165, 1.54) is 0 Å². The molecule has 1 saturated heterocycles. The molecule has 4 nitrogen and oxygen atoms in total. The molecule has 1 aromatic carbocycles. The van der Waals surface area contributed by atoms with Gasteiger partial charge in [-0.3, -0.25) is 4.79 Å². The zero-order valence-corrected chi connectivity index (χ0v) is 12.7. The molecule has 0 radical (unpaired) electrons. The van der Waals surface area contributed by atoms with Crippen molar-refractivity contribution in [3.05, 3.63) is 28.8 Å². The summed E-state index contributed by atoms with van der Waals surface area (Å²) in [5.74, 6) is 0.796. The summed E-state index contributed by atoms with van der Waals surface area (Å²) in [7, 11) is 1.55. The molecule has 0 saturated carbocycles. The Labute approximate surface area is 124 Å². The third-order valence-corrected chi connectivity index (χ3v) is 4.21. The van der Waals surface area contributed by atoms with E-state index < -0.39 is 0 Å². The van der Waals surface area contributed by atoms with Crippen molar-refractivity contribution in [2.24, 2.45) is 11.7 Å². The summed E-state index contributed by atoms with van der Waals surface area (Å²) in [6, 6.07) is 5.34. The molecule has 1 aliphatic rings. The van der Waals surface area contributed by atoms with Crippen LogP contribution in [0.25, 0.3) is 0 Å². The number of piperidine rings is 1. The largest absolute Gasteiger partial charge is 0.496 e. The maximum atomic E-state index is 12.7. The van der Waals surface area contributed by atoms with E-state index in [-0.39, 0.29) is 11.9 Å². The highest BCUT2D eigenvalue weighted by molar-refractivity contribution is 6.34. The minimum absolute atomic E-state index is 0.0715. The van der Waals surface area contributed by atoms with E-state index in [0.717, 1.165) is 19.4 Å². The Morgan fingerprint density at radius 3 is 2.95 bits per heavy atom. The molecule has 0 unspecified atom stereocenters. The highest BCUT2D eigenvalue weighted by Gasteiger charge is 2.29. The molecule has 1 aliphatic heterocycles. The summed E-state index contributed by atoms with van der Waals surface area (Å²) in [6.07, 6.45) is 2.05. The van der Waals surface area contributed by atoms with Gasteiger partial charge >= 0.3 is 0 Å². The van der Waals surface area contributed by atoms with Crippen molar-refractivity contribution < 1.29 is 9.53 Å². The molecule has 2 rings (SSSR count). The van der Waals surface area contributed by atoms with Gasteiger partial charge in [0.25, 0.3) is 5.91 Å². The number of nitrogens with zero attached hydrogens (tertiary/aromatic N) is 1. The number of benzene rings is 1. The molecule has 1 heterocycles. The van der Waals surface area contributed by atoms with Crippen molar-refractivity contribution in [2.45, 2.75) is 25.8 Å². The quantitative estimate of drug-likeness (QED) is 0.932. The second-order valence-electron chi connectivity index (χ2n) is 5.33. The lowest BCUT2D eigenvalue weighted by atomic mass is 9.92. The average Bonchev–Trinajstić information content (AvgIpc) is 2.46. The first-order valence-corrected chi connectivity index (χ1v) is 7.29. The van der Waals surface area contributed by atoms with Gasteiger partial charge in [0, 0.05) is 19.1 Å². The Balaban J connectivity index is 2.23. The lowest BCUT2D eigenvalue weighted by Gasteiger charge is -2.35. The number of amides is 1. The summed E-state index contributed by atoms with van der Waals surface area (Å²) in [6.45, 7) is 3.43. The molecular weight excluding hydrogens is 276 g/mol. The van der Waals surface area contributed by atoms with E-state index in [1.807, 2.05) is 11.8 Å². The fourth-order valence-corrected chi connectivity index (χ4v) is 2.91. The number of carbonyl (C=O) groups excluding carboxylic acids is 1. The third-order valence-electron chi connectivity index (χ3n) is 3.90. The summed E-state index contributed by atoms with van der Waals surface area (Å²) in [5, 5.41) is 0.428. The monoisotopic (exact) mass is 296 g/mol. The van der Waals surface area contributed by atoms with E-state index in [0.29, 0.717) is 28.8 Å². The number of likely N-dealkylation sites (tertiary alicyclic amines) is 1. The van der Waals surface area contributed by atoms with Gasteiger partial charge in [0.1, 0.15) is 11.3 Å². The van der Waals surface area contributed by atoms with Gasteiger partial charge in [0.2, 0.25) is 0 Å². The van der Waals surface area contributed by atoms with Crippen molar-refractivity contribution >= 4 is 17.5 Å². The van der Waals surface area contributed by atoms with Crippen LogP contribution in [0, 0.1) is 5.92 Å². The number of carbonyl (C=O) groups is 1. The van der Waals surface area contributed by atoms with E-state index in [2.05, 4.69) is 0 Å². The molecule has 2 N–H and O–H groups in total. The molecule has 0 aromatic heterocycles. The molecule has 1 aromatic rings. The number of methoxy groups -OCH3 is 1. The van der Waals surface area contributed by atoms with Gasteiger partial charge in [0.15, 0.2) is 0 Å². The van der Waals surface area contributed by atoms with Crippen LogP contribution in [0.15, 0.2) is 18.2 Å². The molecule has 0 bridgehead atoms. The van der Waals surface area contributed by atoms with Crippen molar-refractivity contribution in [1.82, 2.24) is 4.90 Å². The van der Waals surface area contributed by atoms with Gasteiger partial charge < -0.3 is 15.4 Å². The number of hydrogen-bond acceptors (Lipinski definition) is 3. The van der Waals surface area contributed by atoms with Crippen LogP contribution in [-0.4, -0.2) is 37.0 Å². The van der Waals surface area contributed by atoms with Crippen LogP contribution >= 0.6 is 11.6 Å². The second-order valence-corrected chi connectivity index (χ2v) is 5.74. The average molecular weight is 297 g/mol. The van der Waals surface area contributed by atoms with Gasteiger partial charge in [0.05, 0.1) is 12.1 Å². The van der Waals surface area contributed by atoms with Crippen molar-refractivity contribution in [3.8, 4) is 5.75 Å². The Morgan fingerprint density at radius 2 is 2.30 bits per heavy atom. The Hall–Kier alpha value is -1.26. The molecular formula is C15H21ClN2O2. The standard InChI is InChI=1S/C15H21ClN2O2/c1-10(17)11-5-4-8-18(9-11)15(19)14-12(16)6-3-7-13(14)20-2/h3,6-7,10-11H,4-5,8-9,17H2,1-2H3/t10-,11+/m0/s1. The summed E-state index contributed by atoms with van der Waals surface area (Å²) < 4.78 is 5.26. The topological polar surface area (TPSA) is 55.6 Å². The van der Waals surface area contributed by atoms with E-state index in [1.54, 1.807) is 25.3 Å². The Kier molecular flexibility index (Phi) is 4.89. The second kappa shape index (κ2) is 6.46. The predicted molar refractivity (Wildman–Crippen MR) is 80.3 cm³/mol. The smallest absolute Gasteiger partial charge is 0.259 e. The minimum Gasteiger partial charge on any atom is -0.496 e. The van der Waals surface area contributed by atoms with Gasteiger partial charge in [-0.25, -0.2) is 0 Å². The van der Waals surface area contributed by atoms with Crippen LogP contribution in [0.1, 0.15) is 30.1 Å². The van der Waals surface area contributed by atoms with Crippen molar-refractivity contribution in [2.75, 3.05) is 20.2 Å². The summed E-state index contributed by atoms with van der Waals surface area (Å²) in [4.78, 5) is 14.5. The van der Waals surface area contributed by atoms with Crippen LogP contribution < -0.4 is 10.5 Å². The normalized spacial score (nSPS) is 20.6. The molecule has 20 heavy (non-hydrogen) atoms.